The summed E-state index contributed by atoms with van der Waals surface area (Å²) in [5.74, 6) is 0.681. The van der Waals surface area contributed by atoms with Gasteiger partial charge in [-0.1, -0.05) is 42.1 Å². The smallest absolute Gasteiger partial charge is 0.235 e. The van der Waals surface area contributed by atoms with Gasteiger partial charge in [-0.25, -0.2) is 4.98 Å². The van der Waals surface area contributed by atoms with E-state index in [4.69, 9.17) is 0 Å². The lowest BCUT2D eigenvalue weighted by molar-refractivity contribution is -0.113. The fourth-order valence-corrected chi connectivity index (χ4v) is 4.44. The van der Waals surface area contributed by atoms with Crippen LogP contribution >= 0.6 is 23.1 Å². The summed E-state index contributed by atoms with van der Waals surface area (Å²) in [7, 11) is 0. The summed E-state index contributed by atoms with van der Waals surface area (Å²) < 4.78 is 2.87. The van der Waals surface area contributed by atoms with E-state index in [-0.39, 0.29) is 11.7 Å². The van der Waals surface area contributed by atoms with E-state index in [0.717, 1.165) is 26.9 Å². The van der Waals surface area contributed by atoms with Crippen LogP contribution in [0.25, 0.3) is 0 Å². The van der Waals surface area contributed by atoms with Gasteiger partial charge in [-0.15, -0.1) is 11.3 Å². The lowest BCUT2D eigenvalue weighted by atomic mass is 10.2. The molecule has 2 aromatic heterocycles. The minimum absolute atomic E-state index is 0.142. The van der Waals surface area contributed by atoms with E-state index in [0.29, 0.717) is 17.9 Å². The van der Waals surface area contributed by atoms with Gasteiger partial charge in [0.15, 0.2) is 4.34 Å². The standard InChI is InChI=1S/C20H20N4OS2/c1-13-11-26-20(22-13)27-12-18(25)23-19-17(9-21)14(2)15(3)24(19)10-16-7-5-4-6-8-16/h4-8,11H,10,12H2,1-3H3,(H,23,25). The molecule has 7 heteroatoms. The molecule has 3 rings (SSSR count). The van der Waals surface area contributed by atoms with E-state index in [2.05, 4.69) is 16.4 Å². The van der Waals surface area contributed by atoms with Gasteiger partial charge in [0.05, 0.1) is 11.3 Å². The van der Waals surface area contributed by atoms with Crippen molar-refractivity contribution in [2.75, 3.05) is 11.1 Å². The maximum Gasteiger partial charge on any atom is 0.235 e. The molecule has 0 spiro atoms. The number of aromatic nitrogens is 2. The first-order valence-corrected chi connectivity index (χ1v) is 10.3. The van der Waals surface area contributed by atoms with Crippen molar-refractivity contribution < 1.29 is 4.79 Å². The number of anilines is 1. The Kier molecular flexibility index (Phi) is 5.99. The van der Waals surface area contributed by atoms with Gasteiger partial charge in [0.2, 0.25) is 5.91 Å². The van der Waals surface area contributed by atoms with E-state index in [1.54, 1.807) is 0 Å². The van der Waals surface area contributed by atoms with Crippen LogP contribution in [-0.2, 0) is 11.3 Å². The van der Waals surface area contributed by atoms with Crippen molar-refractivity contribution in [3.63, 3.8) is 0 Å². The van der Waals surface area contributed by atoms with E-state index in [9.17, 15) is 10.1 Å². The van der Waals surface area contributed by atoms with Crippen molar-refractivity contribution in [2.24, 2.45) is 0 Å². The Morgan fingerprint density at radius 2 is 2.04 bits per heavy atom. The van der Waals surface area contributed by atoms with Crippen LogP contribution in [0.3, 0.4) is 0 Å². The number of nitriles is 1. The number of amides is 1. The van der Waals surface area contributed by atoms with Gasteiger partial charge in [0, 0.05) is 23.3 Å². The molecule has 0 saturated heterocycles. The molecule has 1 amide bonds. The second-order valence-corrected chi connectivity index (χ2v) is 8.29. The third-order valence-electron chi connectivity index (χ3n) is 4.31. The van der Waals surface area contributed by atoms with Crippen LogP contribution in [0.15, 0.2) is 40.1 Å². The van der Waals surface area contributed by atoms with Gasteiger partial charge in [0.1, 0.15) is 11.9 Å². The van der Waals surface area contributed by atoms with Crippen LogP contribution in [0, 0.1) is 32.1 Å². The number of thioether (sulfide) groups is 1. The average molecular weight is 397 g/mol. The number of nitrogens with one attached hydrogen (secondary N) is 1. The first kappa shape index (κ1) is 19.2. The Balaban J connectivity index is 1.81. The number of aryl methyl sites for hydroxylation is 1. The van der Waals surface area contributed by atoms with Crippen LogP contribution in [0.2, 0.25) is 0 Å². The summed E-state index contributed by atoms with van der Waals surface area (Å²) >= 11 is 2.94. The molecular weight excluding hydrogens is 376 g/mol. The van der Waals surface area contributed by atoms with Gasteiger partial charge < -0.3 is 9.88 Å². The quantitative estimate of drug-likeness (QED) is 0.622. The molecule has 0 bridgehead atoms. The van der Waals surface area contributed by atoms with E-state index in [1.165, 1.54) is 23.1 Å². The molecule has 1 N–H and O–H groups in total. The fourth-order valence-electron chi connectivity index (χ4n) is 2.79. The zero-order chi connectivity index (χ0) is 19.4. The molecule has 0 aliphatic heterocycles. The third-order valence-corrected chi connectivity index (χ3v) is 6.45. The highest BCUT2D eigenvalue weighted by Crippen LogP contribution is 2.28. The molecule has 0 radical (unpaired) electrons. The highest BCUT2D eigenvalue weighted by Gasteiger charge is 2.20. The number of benzene rings is 1. The molecule has 0 aliphatic rings. The summed E-state index contributed by atoms with van der Waals surface area (Å²) in [6, 6.07) is 12.2. The van der Waals surface area contributed by atoms with Crippen LogP contribution < -0.4 is 5.32 Å². The van der Waals surface area contributed by atoms with Crippen molar-refractivity contribution in [3.05, 3.63) is 63.8 Å². The van der Waals surface area contributed by atoms with Crippen molar-refractivity contribution in [3.8, 4) is 6.07 Å². The Labute approximate surface area is 167 Å². The lowest BCUT2D eigenvalue weighted by Gasteiger charge is -2.13. The van der Waals surface area contributed by atoms with Crippen molar-refractivity contribution in [1.82, 2.24) is 9.55 Å². The lowest BCUT2D eigenvalue weighted by Crippen LogP contribution is -2.18. The predicted molar refractivity (Wildman–Crippen MR) is 110 cm³/mol. The summed E-state index contributed by atoms with van der Waals surface area (Å²) in [6.45, 7) is 6.42. The van der Waals surface area contributed by atoms with Crippen molar-refractivity contribution >= 4 is 34.8 Å². The van der Waals surface area contributed by atoms with Crippen LogP contribution in [0.5, 0.6) is 0 Å². The Bertz CT molecular complexity index is 999. The summed E-state index contributed by atoms with van der Waals surface area (Å²) in [4.78, 5) is 16.9. The molecule has 0 unspecified atom stereocenters. The zero-order valence-corrected chi connectivity index (χ0v) is 17.1. The molecule has 5 nitrogen and oxygen atoms in total. The van der Waals surface area contributed by atoms with Crippen molar-refractivity contribution in [2.45, 2.75) is 31.7 Å². The summed E-state index contributed by atoms with van der Waals surface area (Å²) in [6.07, 6.45) is 0. The molecule has 0 atom stereocenters. The monoisotopic (exact) mass is 396 g/mol. The molecule has 0 saturated carbocycles. The normalized spacial score (nSPS) is 10.6. The molecular formula is C20H20N4OS2. The molecule has 0 fully saturated rings. The minimum Gasteiger partial charge on any atom is -0.326 e. The molecule has 3 aromatic rings. The first-order chi connectivity index (χ1) is 13.0. The number of thiazole rings is 1. The molecule has 0 aliphatic carbocycles. The maximum absolute atomic E-state index is 12.5. The summed E-state index contributed by atoms with van der Waals surface area (Å²) in [5, 5.41) is 14.5. The average Bonchev–Trinajstić information content (AvgIpc) is 3.18. The Morgan fingerprint density at radius 1 is 1.30 bits per heavy atom. The minimum atomic E-state index is -0.142. The molecule has 2 heterocycles. The van der Waals surface area contributed by atoms with Gasteiger partial charge in [-0.2, -0.15) is 5.26 Å². The second-order valence-electron chi connectivity index (χ2n) is 6.21. The first-order valence-electron chi connectivity index (χ1n) is 8.48. The van der Waals surface area contributed by atoms with Gasteiger partial charge in [-0.05, 0) is 31.9 Å². The zero-order valence-electron chi connectivity index (χ0n) is 15.4. The second kappa shape index (κ2) is 8.42. The molecule has 27 heavy (non-hydrogen) atoms. The van der Waals surface area contributed by atoms with Crippen molar-refractivity contribution in [1.29, 1.82) is 5.26 Å². The molecule has 1 aromatic carbocycles. The van der Waals surface area contributed by atoms with E-state index >= 15 is 0 Å². The SMILES string of the molecule is Cc1csc(SCC(=O)Nc2c(C#N)c(C)c(C)n2Cc2ccccc2)n1. The van der Waals surface area contributed by atoms with Gasteiger partial charge in [0.25, 0.3) is 0 Å². The maximum atomic E-state index is 12.5. The number of nitrogens with zero attached hydrogens (tertiary/aromatic N) is 3. The fraction of sp³-hybridized carbons (Fsp3) is 0.250. The highest BCUT2D eigenvalue weighted by molar-refractivity contribution is 8.01. The number of hydrogen-bond donors (Lipinski definition) is 1. The Hall–Kier alpha value is -2.56. The van der Waals surface area contributed by atoms with E-state index in [1.807, 2.05) is 61.1 Å². The Morgan fingerprint density at radius 3 is 2.67 bits per heavy atom. The van der Waals surface area contributed by atoms with Gasteiger partial charge in [-0.3, -0.25) is 4.79 Å². The molecule has 138 valence electrons. The largest absolute Gasteiger partial charge is 0.326 e. The number of carbonyl (C=O) groups is 1. The number of carbonyl (C=O) groups excluding carboxylic acids is 1. The highest BCUT2D eigenvalue weighted by atomic mass is 32.2. The third kappa shape index (κ3) is 4.41. The van der Waals surface area contributed by atoms with Crippen LogP contribution in [-0.4, -0.2) is 21.2 Å². The number of hydrogen-bond acceptors (Lipinski definition) is 5. The van der Waals surface area contributed by atoms with Crippen LogP contribution in [0.4, 0.5) is 5.82 Å². The topological polar surface area (TPSA) is 70.7 Å². The summed E-state index contributed by atoms with van der Waals surface area (Å²) in [5.41, 5.74) is 4.47. The number of rotatable bonds is 6. The predicted octanol–water partition coefficient (Wildman–Crippen LogP) is 4.52. The van der Waals surface area contributed by atoms with Crippen LogP contribution in [0.1, 0.15) is 28.1 Å². The van der Waals surface area contributed by atoms with Gasteiger partial charge >= 0.3 is 0 Å². The van der Waals surface area contributed by atoms with E-state index < -0.39 is 0 Å².